The largest absolute Gasteiger partial charge is 0.459 e. The number of aromatic amines is 1. The van der Waals surface area contributed by atoms with Gasteiger partial charge in [0, 0.05) is 12.2 Å². The third kappa shape index (κ3) is 4.49. The van der Waals surface area contributed by atoms with Crippen molar-refractivity contribution in [2.75, 3.05) is 6.54 Å². The van der Waals surface area contributed by atoms with Crippen LogP contribution in [0.5, 0.6) is 0 Å². The van der Waals surface area contributed by atoms with Crippen molar-refractivity contribution in [3.05, 3.63) is 58.2 Å². The van der Waals surface area contributed by atoms with Crippen molar-refractivity contribution < 1.29 is 23.8 Å². The molecule has 1 amide bonds. The van der Waals surface area contributed by atoms with Crippen molar-refractivity contribution in [3.63, 3.8) is 0 Å². The fourth-order valence-corrected chi connectivity index (χ4v) is 2.64. The van der Waals surface area contributed by atoms with Crippen molar-refractivity contribution in [1.82, 2.24) is 10.3 Å². The summed E-state index contributed by atoms with van der Waals surface area (Å²) in [6.07, 6.45) is -1.24. The van der Waals surface area contributed by atoms with Gasteiger partial charge in [0.15, 0.2) is 0 Å². The Morgan fingerprint density at radius 2 is 1.85 bits per heavy atom. The summed E-state index contributed by atoms with van der Waals surface area (Å²) < 4.78 is 18.1. The van der Waals surface area contributed by atoms with Crippen molar-refractivity contribution in [1.29, 1.82) is 0 Å². The number of rotatable bonds is 6. The molecule has 0 radical (unpaired) electrons. The summed E-state index contributed by atoms with van der Waals surface area (Å²) in [5.74, 6) is -1.34. The molecule has 0 saturated heterocycles. The van der Waals surface area contributed by atoms with Gasteiger partial charge in [-0.1, -0.05) is 12.1 Å². The van der Waals surface area contributed by atoms with Crippen LogP contribution in [-0.4, -0.2) is 34.6 Å². The second-order valence-corrected chi connectivity index (χ2v) is 6.36. The Labute approximate surface area is 151 Å². The smallest absolute Gasteiger partial charge is 0.340 e. The van der Waals surface area contributed by atoms with Crippen LogP contribution in [-0.2, 0) is 4.74 Å². The fraction of sp³-hybridized carbons (Fsp3) is 0.368. The topological polar surface area (TPSA) is 91.4 Å². The zero-order chi connectivity index (χ0) is 19.4. The summed E-state index contributed by atoms with van der Waals surface area (Å²) in [7, 11) is 0. The second-order valence-electron chi connectivity index (χ2n) is 6.36. The van der Waals surface area contributed by atoms with Gasteiger partial charge in [-0.3, -0.25) is 4.79 Å². The molecule has 0 aliphatic rings. The molecule has 1 atom stereocenters. The lowest BCUT2D eigenvalue weighted by Gasteiger charge is -2.12. The van der Waals surface area contributed by atoms with Crippen LogP contribution in [0.4, 0.5) is 4.39 Å². The van der Waals surface area contributed by atoms with Gasteiger partial charge >= 0.3 is 5.97 Å². The number of amides is 1. The summed E-state index contributed by atoms with van der Waals surface area (Å²) in [5, 5.41) is 12.7. The Kier molecular flexibility index (Phi) is 6.15. The van der Waals surface area contributed by atoms with Crippen LogP contribution in [0.15, 0.2) is 24.3 Å². The first kappa shape index (κ1) is 19.7. The van der Waals surface area contributed by atoms with E-state index in [1.54, 1.807) is 27.7 Å². The summed E-state index contributed by atoms with van der Waals surface area (Å²) >= 11 is 0. The number of hydrogen-bond acceptors (Lipinski definition) is 4. The molecule has 0 aliphatic heterocycles. The first-order valence-corrected chi connectivity index (χ1v) is 8.32. The number of benzene rings is 1. The number of nitrogens with one attached hydrogen (secondary N) is 2. The van der Waals surface area contributed by atoms with Crippen molar-refractivity contribution in [3.8, 4) is 0 Å². The SMILES string of the molecule is Cc1[nH]c(C(=O)NCC(O)c2ccc(F)cc2)c(C)c1C(=O)OC(C)C. The predicted molar refractivity (Wildman–Crippen MR) is 94.5 cm³/mol. The van der Waals surface area contributed by atoms with Gasteiger partial charge in [-0.05, 0) is 51.0 Å². The van der Waals surface area contributed by atoms with Crippen molar-refractivity contribution in [2.45, 2.75) is 39.9 Å². The number of aryl methyl sites for hydroxylation is 1. The molecule has 1 aromatic carbocycles. The highest BCUT2D eigenvalue weighted by Crippen LogP contribution is 2.20. The number of halogens is 1. The molecule has 140 valence electrons. The van der Waals surface area contributed by atoms with E-state index in [-0.39, 0.29) is 18.3 Å². The van der Waals surface area contributed by atoms with E-state index in [2.05, 4.69) is 10.3 Å². The van der Waals surface area contributed by atoms with Gasteiger partial charge in [-0.25, -0.2) is 9.18 Å². The molecule has 2 aromatic rings. The molecule has 1 heterocycles. The molecule has 0 saturated carbocycles. The third-order valence-corrected chi connectivity index (χ3v) is 3.92. The minimum atomic E-state index is -0.971. The first-order chi connectivity index (χ1) is 12.2. The highest BCUT2D eigenvalue weighted by Gasteiger charge is 2.24. The first-order valence-electron chi connectivity index (χ1n) is 8.32. The Hall–Kier alpha value is -2.67. The Bertz CT molecular complexity index is 797. The maximum atomic E-state index is 12.9. The van der Waals surface area contributed by atoms with E-state index >= 15 is 0 Å². The molecular weight excluding hydrogens is 339 g/mol. The molecule has 1 unspecified atom stereocenters. The number of aliphatic hydroxyl groups excluding tert-OH is 1. The van der Waals surface area contributed by atoms with Crippen LogP contribution < -0.4 is 5.32 Å². The Morgan fingerprint density at radius 3 is 2.42 bits per heavy atom. The number of aromatic nitrogens is 1. The highest BCUT2D eigenvalue weighted by atomic mass is 19.1. The number of hydrogen-bond donors (Lipinski definition) is 3. The fourth-order valence-electron chi connectivity index (χ4n) is 2.64. The minimum absolute atomic E-state index is 0.0479. The molecule has 2 rings (SSSR count). The number of esters is 1. The Morgan fingerprint density at radius 1 is 1.23 bits per heavy atom. The number of carbonyl (C=O) groups is 2. The summed E-state index contributed by atoms with van der Waals surface area (Å²) in [6.45, 7) is 6.80. The lowest BCUT2D eigenvalue weighted by Crippen LogP contribution is -2.29. The molecule has 1 aromatic heterocycles. The van der Waals surface area contributed by atoms with Gasteiger partial charge in [0.05, 0.1) is 17.8 Å². The van der Waals surface area contributed by atoms with E-state index in [1.165, 1.54) is 24.3 Å². The van der Waals surface area contributed by atoms with Crippen molar-refractivity contribution in [2.24, 2.45) is 0 Å². The molecule has 0 spiro atoms. The zero-order valence-corrected chi connectivity index (χ0v) is 15.2. The molecule has 3 N–H and O–H groups in total. The monoisotopic (exact) mass is 362 g/mol. The Balaban J connectivity index is 2.08. The standard InChI is InChI=1S/C19H23FN2O4/c1-10(2)26-19(25)16-11(3)17(22-12(16)4)18(24)21-9-15(23)13-5-7-14(20)8-6-13/h5-8,10,15,22-23H,9H2,1-4H3,(H,21,24). The molecule has 26 heavy (non-hydrogen) atoms. The van der Waals surface area contributed by atoms with Gasteiger partial charge in [0.1, 0.15) is 11.5 Å². The normalized spacial score (nSPS) is 12.1. The van der Waals surface area contributed by atoms with E-state index in [4.69, 9.17) is 4.74 Å². The van der Waals surface area contributed by atoms with E-state index in [1.807, 2.05) is 0 Å². The van der Waals surface area contributed by atoms with E-state index in [0.717, 1.165) is 0 Å². The third-order valence-electron chi connectivity index (χ3n) is 3.92. The molecule has 6 nitrogen and oxygen atoms in total. The summed E-state index contributed by atoms with van der Waals surface area (Å²) in [5.41, 5.74) is 2.10. The molecular formula is C19H23FN2O4. The van der Waals surface area contributed by atoms with Gasteiger partial charge < -0.3 is 20.1 Å². The van der Waals surface area contributed by atoms with E-state index < -0.39 is 23.8 Å². The number of carbonyl (C=O) groups excluding carboxylic acids is 2. The molecule has 0 aliphatic carbocycles. The quantitative estimate of drug-likeness (QED) is 0.689. The summed E-state index contributed by atoms with van der Waals surface area (Å²) in [6, 6.07) is 5.39. The van der Waals surface area contributed by atoms with Gasteiger partial charge in [-0.15, -0.1) is 0 Å². The summed E-state index contributed by atoms with van der Waals surface area (Å²) in [4.78, 5) is 27.5. The highest BCUT2D eigenvalue weighted by molar-refractivity contribution is 6.00. The van der Waals surface area contributed by atoms with Crippen molar-refractivity contribution >= 4 is 11.9 Å². The van der Waals surface area contributed by atoms with Crippen LogP contribution in [0.1, 0.15) is 57.6 Å². The van der Waals surface area contributed by atoms with E-state index in [0.29, 0.717) is 22.4 Å². The maximum Gasteiger partial charge on any atom is 0.340 e. The van der Waals surface area contributed by atoms with Crippen LogP contribution in [0.3, 0.4) is 0 Å². The molecule has 0 bridgehead atoms. The van der Waals surface area contributed by atoms with Crippen LogP contribution >= 0.6 is 0 Å². The number of H-pyrrole nitrogens is 1. The van der Waals surface area contributed by atoms with Gasteiger partial charge in [-0.2, -0.15) is 0 Å². The molecule has 0 fully saturated rings. The van der Waals surface area contributed by atoms with Gasteiger partial charge in [0.2, 0.25) is 0 Å². The van der Waals surface area contributed by atoms with Gasteiger partial charge in [0.25, 0.3) is 5.91 Å². The average molecular weight is 362 g/mol. The lowest BCUT2D eigenvalue weighted by atomic mass is 10.1. The average Bonchev–Trinajstić information content (AvgIpc) is 2.87. The van der Waals surface area contributed by atoms with Crippen LogP contribution in [0.2, 0.25) is 0 Å². The second kappa shape index (κ2) is 8.14. The predicted octanol–water partition coefficient (Wildman–Crippen LogP) is 2.80. The molecule has 7 heteroatoms. The van der Waals surface area contributed by atoms with Crippen LogP contribution in [0, 0.1) is 19.7 Å². The lowest BCUT2D eigenvalue weighted by molar-refractivity contribution is 0.0376. The van der Waals surface area contributed by atoms with Crippen LogP contribution in [0.25, 0.3) is 0 Å². The minimum Gasteiger partial charge on any atom is -0.459 e. The maximum absolute atomic E-state index is 12.9. The number of ether oxygens (including phenoxy) is 1. The number of aliphatic hydroxyl groups is 1. The van der Waals surface area contributed by atoms with E-state index in [9.17, 15) is 19.1 Å². The zero-order valence-electron chi connectivity index (χ0n) is 15.2.